The summed E-state index contributed by atoms with van der Waals surface area (Å²) in [7, 11) is 0. The quantitative estimate of drug-likeness (QED) is 0.872. The Bertz CT molecular complexity index is 687. The molecule has 1 saturated carbocycles. The van der Waals surface area contributed by atoms with Gasteiger partial charge in [0.2, 0.25) is 0 Å². The Labute approximate surface area is 116 Å². The van der Waals surface area contributed by atoms with Crippen molar-refractivity contribution in [3.8, 4) is 11.3 Å². The molecule has 0 atom stereocenters. The zero-order valence-corrected chi connectivity index (χ0v) is 11.2. The van der Waals surface area contributed by atoms with Gasteiger partial charge in [-0.2, -0.15) is 0 Å². The maximum Gasteiger partial charge on any atom is 0.261 e. The molecule has 0 spiro atoms. The maximum atomic E-state index is 12.5. The van der Waals surface area contributed by atoms with Gasteiger partial charge in [-0.15, -0.1) is 0 Å². The molecule has 0 bridgehead atoms. The fraction of sp³-hybridized carbons (Fsp3) is 0.200. The molecule has 4 heteroatoms. The Kier molecular flexibility index (Phi) is 2.95. The zero-order valence-electron chi connectivity index (χ0n) is 10.4. The standard InChI is InChI=1S/C15H14N2OS/c16-14(19)12-8-9-13(10-4-2-1-3-5-10)17(15(12)18)11-6-7-11/h1-5,8-9,11H,6-7H2,(H2,16,19). The van der Waals surface area contributed by atoms with Gasteiger partial charge < -0.3 is 10.3 Å². The van der Waals surface area contributed by atoms with Crippen molar-refractivity contribution in [2.45, 2.75) is 18.9 Å². The van der Waals surface area contributed by atoms with Crippen molar-refractivity contribution >= 4 is 17.2 Å². The first-order valence-electron chi connectivity index (χ1n) is 6.29. The molecule has 0 unspecified atom stereocenters. The van der Waals surface area contributed by atoms with Crippen LogP contribution in [0, 0.1) is 0 Å². The van der Waals surface area contributed by atoms with Gasteiger partial charge in [0.15, 0.2) is 0 Å². The summed E-state index contributed by atoms with van der Waals surface area (Å²) in [4.78, 5) is 12.6. The van der Waals surface area contributed by atoms with Crippen LogP contribution in [0.15, 0.2) is 47.3 Å². The van der Waals surface area contributed by atoms with Crippen molar-refractivity contribution in [3.63, 3.8) is 0 Å². The van der Waals surface area contributed by atoms with Crippen LogP contribution in [0.25, 0.3) is 11.3 Å². The lowest BCUT2D eigenvalue weighted by molar-refractivity contribution is 0.714. The van der Waals surface area contributed by atoms with Crippen molar-refractivity contribution in [1.82, 2.24) is 4.57 Å². The lowest BCUT2D eigenvalue weighted by Crippen LogP contribution is -2.29. The molecule has 0 amide bonds. The van der Waals surface area contributed by atoms with E-state index in [0.29, 0.717) is 5.56 Å². The molecule has 3 rings (SSSR count). The molecule has 0 aliphatic heterocycles. The summed E-state index contributed by atoms with van der Waals surface area (Å²) in [6.07, 6.45) is 2.08. The van der Waals surface area contributed by atoms with Crippen LogP contribution in [0.5, 0.6) is 0 Å². The first-order valence-corrected chi connectivity index (χ1v) is 6.70. The lowest BCUT2D eigenvalue weighted by Gasteiger charge is -2.13. The predicted molar refractivity (Wildman–Crippen MR) is 80.3 cm³/mol. The number of nitrogens with two attached hydrogens (primary N) is 1. The highest BCUT2D eigenvalue weighted by Crippen LogP contribution is 2.37. The number of pyridine rings is 1. The van der Waals surface area contributed by atoms with Gasteiger partial charge >= 0.3 is 0 Å². The van der Waals surface area contributed by atoms with Gasteiger partial charge in [0.1, 0.15) is 4.99 Å². The van der Waals surface area contributed by atoms with E-state index in [2.05, 4.69) is 0 Å². The summed E-state index contributed by atoms with van der Waals surface area (Å²) >= 11 is 4.94. The molecule has 19 heavy (non-hydrogen) atoms. The molecule has 1 aromatic carbocycles. The van der Waals surface area contributed by atoms with Gasteiger partial charge in [0, 0.05) is 6.04 Å². The Hall–Kier alpha value is -1.94. The molecular formula is C15H14N2OS. The number of nitrogens with zero attached hydrogens (tertiary/aromatic N) is 1. The van der Waals surface area contributed by atoms with Crippen LogP contribution in [0.1, 0.15) is 24.4 Å². The third kappa shape index (κ3) is 2.19. The van der Waals surface area contributed by atoms with E-state index in [1.165, 1.54) is 0 Å². The molecule has 1 aromatic heterocycles. The van der Waals surface area contributed by atoms with Gasteiger partial charge in [-0.25, -0.2) is 0 Å². The summed E-state index contributed by atoms with van der Waals surface area (Å²) in [6.45, 7) is 0. The fourth-order valence-electron chi connectivity index (χ4n) is 2.28. The smallest absolute Gasteiger partial charge is 0.261 e. The number of hydrogen-bond acceptors (Lipinski definition) is 2. The van der Waals surface area contributed by atoms with Crippen LogP contribution in [-0.4, -0.2) is 9.56 Å². The predicted octanol–water partition coefficient (Wildman–Crippen LogP) is 2.48. The molecule has 0 saturated heterocycles. The van der Waals surface area contributed by atoms with Crippen molar-refractivity contribution in [2.24, 2.45) is 5.73 Å². The van der Waals surface area contributed by atoms with E-state index in [4.69, 9.17) is 18.0 Å². The van der Waals surface area contributed by atoms with Gasteiger partial charge in [-0.1, -0.05) is 42.5 Å². The van der Waals surface area contributed by atoms with Gasteiger partial charge in [0.25, 0.3) is 5.56 Å². The number of rotatable bonds is 3. The minimum absolute atomic E-state index is 0.0728. The van der Waals surface area contributed by atoms with Gasteiger partial charge in [-0.05, 0) is 30.5 Å². The Balaban J connectivity index is 2.24. The molecule has 1 heterocycles. The number of benzene rings is 1. The summed E-state index contributed by atoms with van der Waals surface area (Å²) in [5, 5.41) is 0. The van der Waals surface area contributed by atoms with E-state index in [1.54, 1.807) is 6.07 Å². The van der Waals surface area contributed by atoms with Crippen molar-refractivity contribution in [1.29, 1.82) is 0 Å². The SMILES string of the molecule is NC(=S)c1ccc(-c2ccccc2)n(C2CC2)c1=O. The second kappa shape index (κ2) is 4.63. The van der Waals surface area contributed by atoms with E-state index in [-0.39, 0.29) is 16.6 Å². The normalized spacial score (nSPS) is 14.3. The van der Waals surface area contributed by atoms with Crippen LogP contribution in [-0.2, 0) is 0 Å². The summed E-state index contributed by atoms with van der Waals surface area (Å²) < 4.78 is 1.84. The third-order valence-electron chi connectivity index (χ3n) is 3.36. The average Bonchev–Trinajstić information content (AvgIpc) is 3.23. The second-order valence-electron chi connectivity index (χ2n) is 4.77. The van der Waals surface area contributed by atoms with Gasteiger partial charge in [-0.3, -0.25) is 4.79 Å². The maximum absolute atomic E-state index is 12.5. The highest BCUT2D eigenvalue weighted by atomic mass is 32.1. The van der Waals surface area contributed by atoms with E-state index < -0.39 is 0 Å². The minimum Gasteiger partial charge on any atom is -0.389 e. The molecule has 3 nitrogen and oxygen atoms in total. The molecule has 0 radical (unpaired) electrons. The third-order valence-corrected chi connectivity index (χ3v) is 3.58. The molecule has 2 aromatic rings. The monoisotopic (exact) mass is 270 g/mol. The van der Waals surface area contributed by atoms with E-state index in [1.807, 2.05) is 41.0 Å². The molecule has 2 N–H and O–H groups in total. The topological polar surface area (TPSA) is 48.0 Å². The Morgan fingerprint density at radius 3 is 2.42 bits per heavy atom. The van der Waals surface area contributed by atoms with E-state index in [9.17, 15) is 4.79 Å². The van der Waals surface area contributed by atoms with Crippen molar-refractivity contribution in [2.75, 3.05) is 0 Å². The number of aromatic nitrogens is 1. The molecule has 96 valence electrons. The lowest BCUT2D eigenvalue weighted by atomic mass is 10.1. The van der Waals surface area contributed by atoms with Crippen LogP contribution in [0.2, 0.25) is 0 Å². The van der Waals surface area contributed by atoms with Crippen LogP contribution in [0.4, 0.5) is 0 Å². The molecule has 1 aliphatic rings. The second-order valence-corrected chi connectivity index (χ2v) is 5.21. The first-order chi connectivity index (χ1) is 9.18. The summed E-state index contributed by atoms with van der Waals surface area (Å²) in [5.74, 6) is 0. The summed E-state index contributed by atoms with van der Waals surface area (Å²) in [6, 6.07) is 13.9. The fourth-order valence-corrected chi connectivity index (χ4v) is 2.44. The average molecular weight is 270 g/mol. The molecule has 1 aliphatic carbocycles. The van der Waals surface area contributed by atoms with Gasteiger partial charge in [0.05, 0.1) is 11.3 Å². The minimum atomic E-state index is -0.0728. The summed E-state index contributed by atoms with van der Waals surface area (Å²) in [5.41, 5.74) is 7.95. The first kappa shape index (κ1) is 12.1. The highest BCUT2D eigenvalue weighted by Gasteiger charge is 2.28. The van der Waals surface area contributed by atoms with Crippen LogP contribution in [0.3, 0.4) is 0 Å². The van der Waals surface area contributed by atoms with Crippen LogP contribution < -0.4 is 11.3 Å². The van der Waals surface area contributed by atoms with Crippen molar-refractivity contribution in [3.05, 3.63) is 58.4 Å². The molecule has 1 fully saturated rings. The highest BCUT2D eigenvalue weighted by molar-refractivity contribution is 7.80. The van der Waals surface area contributed by atoms with E-state index >= 15 is 0 Å². The number of hydrogen-bond donors (Lipinski definition) is 1. The molecular weight excluding hydrogens is 256 g/mol. The van der Waals surface area contributed by atoms with Crippen molar-refractivity contribution < 1.29 is 0 Å². The van der Waals surface area contributed by atoms with E-state index in [0.717, 1.165) is 24.1 Å². The Morgan fingerprint density at radius 1 is 1.16 bits per heavy atom. The Morgan fingerprint density at radius 2 is 1.84 bits per heavy atom. The van der Waals surface area contributed by atoms with Crippen LogP contribution >= 0.6 is 12.2 Å². The number of thiocarbonyl (C=S) groups is 1. The largest absolute Gasteiger partial charge is 0.389 e. The zero-order chi connectivity index (χ0) is 13.4.